The van der Waals surface area contributed by atoms with Crippen LogP contribution in [0.3, 0.4) is 0 Å². The van der Waals surface area contributed by atoms with Gasteiger partial charge in [-0.25, -0.2) is 4.79 Å². The number of ether oxygens (including phenoxy) is 1. The fraction of sp³-hybridized carbons (Fsp3) is 0.455. The molecule has 2 rings (SSSR count). The molecule has 0 atom stereocenters. The maximum atomic E-state index is 12.0. The Bertz CT molecular complexity index is 464. The molecule has 0 spiro atoms. The van der Waals surface area contributed by atoms with Gasteiger partial charge in [-0.1, -0.05) is 0 Å². The van der Waals surface area contributed by atoms with E-state index in [2.05, 4.69) is 21.2 Å². The molecule has 0 aliphatic carbocycles. The lowest BCUT2D eigenvalue weighted by molar-refractivity contribution is -0.148. The number of nitrogens with one attached hydrogen (secondary N) is 1. The third-order valence-electron chi connectivity index (χ3n) is 2.97. The SMILES string of the molecule is O=C(NC1(C(=O)O)CCOCC1)c1ccoc1Br. The molecule has 0 radical (unpaired) electrons. The smallest absolute Gasteiger partial charge is 0.329 e. The van der Waals surface area contributed by atoms with E-state index in [0.29, 0.717) is 13.2 Å². The van der Waals surface area contributed by atoms with Crippen LogP contribution in [0.1, 0.15) is 23.2 Å². The van der Waals surface area contributed by atoms with Crippen molar-refractivity contribution in [2.75, 3.05) is 13.2 Å². The van der Waals surface area contributed by atoms with Crippen molar-refractivity contribution in [2.45, 2.75) is 18.4 Å². The highest BCUT2D eigenvalue weighted by Gasteiger charge is 2.42. The normalized spacial score (nSPS) is 18.3. The zero-order valence-electron chi connectivity index (χ0n) is 9.44. The Labute approximate surface area is 111 Å². The van der Waals surface area contributed by atoms with E-state index in [-0.39, 0.29) is 23.1 Å². The van der Waals surface area contributed by atoms with Crippen LogP contribution in [0, 0.1) is 0 Å². The highest BCUT2D eigenvalue weighted by atomic mass is 79.9. The summed E-state index contributed by atoms with van der Waals surface area (Å²) in [7, 11) is 0. The van der Waals surface area contributed by atoms with Gasteiger partial charge in [0.05, 0.1) is 11.8 Å². The van der Waals surface area contributed by atoms with E-state index in [0.717, 1.165) is 0 Å². The topological polar surface area (TPSA) is 88.8 Å². The second-order valence-electron chi connectivity index (χ2n) is 4.06. The Morgan fingerprint density at radius 3 is 2.56 bits per heavy atom. The van der Waals surface area contributed by atoms with Crippen molar-refractivity contribution < 1.29 is 23.8 Å². The number of carbonyl (C=O) groups excluding carboxylic acids is 1. The third-order valence-corrected chi connectivity index (χ3v) is 3.59. The molecule has 1 aromatic heterocycles. The van der Waals surface area contributed by atoms with E-state index >= 15 is 0 Å². The van der Waals surface area contributed by atoms with Crippen molar-refractivity contribution in [3.8, 4) is 0 Å². The van der Waals surface area contributed by atoms with Gasteiger partial charge in [0.15, 0.2) is 4.67 Å². The first-order chi connectivity index (χ1) is 8.55. The van der Waals surface area contributed by atoms with Gasteiger partial charge >= 0.3 is 5.97 Å². The number of carboxylic acids is 1. The molecule has 1 saturated heterocycles. The molecule has 18 heavy (non-hydrogen) atoms. The molecule has 2 heterocycles. The molecule has 0 saturated carbocycles. The first-order valence-corrected chi connectivity index (χ1v) is 6.21. The summed E-state index contributed by atoms with van der Waals surface area (Å²) in [5.41, 5.74) is -0.978. The lowest BCUT2D eigenvalue weighted by Crippen LogP contribution is -2.57. The van der Waals surface area contributed by atoms with E-state index in [4.69, 9.17) is 9.15 Å². The summed E-state index contributed by atoms with van der Waals surface area (Å²) in [6.07, 6.45) is 1.86. The molecule has 0 unspecified atom stereocenters. The van der Waals surface area contributed by atoms with Gasteiger partial charge in [0.2, 0.25) is 0 Å². The van der Waals surface area contributed by atoms with E-state index in [1.54, 1.807) is 0 Å². The van der Waals surface area contributed by atoms with Crippen molar-refractivity contribution in [1.29, 1.82) is 0 Å². The molecular weight excluding hydrogens is 306 g/mol. The molecule has 1 aromatic rings. The first-order valence-electron chi connectivity index (χ1n) is 5.42. The average Bonchev–Trinajstić information content (AvgIpc) is 2.76. The molecule has 6 nitrogen and oxygen atoms in total. The van der Waals surface area contributed by atoms with Crippen LogP contribution in [0.15, 0.2) is 21.4 Å². The minimum Gasteiger partial charge on any atom is -0.480 e. The number of furan rings is 1. The third kappa shape index (κ3) is 2.41. The maximum absolute atomic E-state index is 12.0. The van der Waals surface area contributed by atoms with E-state index in [1.165, 1.54) is 12.3 Å². The van der Waals surface area contributed by atoms with Gasteiger partial charge in [0.1, 0.15) is 5.54 Å². The van der Waals surface area contributed by atoms with Crippen molar-refractivity contribution in [1.82, 2.24) is 5.32 Å². The van der Waals surface area contributed by atoms with Crippen LogP contribution in [0.25, 0.3) is 0 Å². The van der Waals surface area contributed by atoms with E-state index < -0.39 is 17.4 Å². The zero-order chi connectivity index (χ0) is 13.2. The van der Waals surface area contributed by atoms with Crippen molar-refractivity contribution in [3.05, 3.63) is 22.6 Å². The summed E-state index contributed by atoms with van der Waals surface area (Å²) >= 11 is 3.09. The number of carboxylic acid groups (broad SMARTS) is 1. The van der Waals surface area contributed by atoms with Crippen molar-refractivity contribution in [2.24, 2.45) is 0 Å². The molecular formula is C11H12BrNO5. The van der Waals surface area contributed by atoms with E-state index in [1.807, 2.05) is 0 Å². The molecule has 1 aliphatic heterocycles. The van der Waals surface area contributed by atoms with Gasteiger partial charge in [0.25, 0.3) is 5.91 Å². The van der Waals surface area contributed by atoms with Crippen LogP contribution in [0.2, 0.25) is 0 Å². The highest BCUT2D eigenvalue weighted by molar-refractivity contribution is 9.10. The maximum Gasteiger partial charge on any atom is 0.329 e. The van der Waals surface area contributed by atoms with Gasteiger partial charge in [0, 0.05) is 26.1 Å². The second kappa shape index (κ2) is 5.11. The predicted octanol–water partition coefficient (Wildman–Crippen LogP) is 1.41. The molecule has 1 amide bonds. The molecule has 2 N–H and O–H groups in total. The Hall–Kier alpha value is -1.34. The van der Waals surface area contributed by atoms with Gasteiger partial charge in [-0.15, -0.1) is 0 Å². The first kappa shape index (κ1) is 13.1. The fourth-order valence-corrected chi connectivity index (χ4v) is 2.27. The van der Waals surface area contributed by atoms with Crippen LogP contribution in [-0.4, -0.2) is 35.7 Å². The van der Waals surface area contributed by atoms with Crippen LogP contribution >= 0.6 is 15.9 Å². The molecule has 0 aromatic carbocycles. The van der Waals surface area contributed by atoms with Crippen molar-refractivity contribution in [3.63, 3.8) is 0 Å². The number of rotatable bonds is 3. The molecule has 1 aliphatic rings. The Balaban J connectivity index is 2.17. The van der Waals surface area contributed by atoms with Crippen LogP contribution in [0.5, 0.6) is 0 Å². The summed E-state index contributed by atoms with van der Waals surface area (Å²) < 4.78 is 10.4. The Morgan fingerprint density at radius 1 is 1.39 bits per heavy atom. The predicted molar refractivity (Wildman–Crippen MR) is 64.3 cm³/mol. The summed E-state index contributed by atoms with van der Waals surface area (Å²) in [5.74, 6) is -1.52. The lowest BCUT2D eigenvalue weighted by Gasteiger charge is -2.33. The highest BCUT2D eigenvalue weighted by Crippen LogP contribution is 2.24. The Kier molecular flexibility index (Phi) is 3.72. The monoisotopic (exact) mass is 317 g/mol. The lowest BCUT2D eigenvalue weighted by atomic mass is 9.90. The number of hydrogen-bond donors (Lipinski definition) is 2. The summed E-state index contributed by atoms with van der Waals surface area (Å²) in [6, 6.07) is 1.48. The minimum atomic E-state index is -1.26. The quantitative estimate of drug-likeness (QED) is 0.879. The summed E-state index contributed by atoms with van der Waals surface area (Å²) in [6.45, 7) is 0.637. The van der Waals surface area contributed by atoms with Gasteiger partial charge in [-0.05, 0) is 22.0 Å². The van der Waals surface area contributed by atoms with Crippen LogP contribution in [-0.2, 0) is 9.53 Å². The zero-order valence-corrected chi connectivity index (χ0v) is 11.0. The standard InChI is InChI=1S/C11H12BrNO5/c12-8-7(1-4-18-8)9(14)13-11(10(15)16)2-5-17-6-3-11/h1,4H,2-3,5-6H2,(H,13,14)(H,15,16). The largest absolute Gasteiger partial charge is 0.480 e. The number of carbonyl (C=O) groups is 2. The van der Waals surface area contributed by atoms with Gasteiger partial charge in [-0.2, -0.15) is 0 Å². The van der Waals surface area contributed by atoms with Crippen LogP contribution < -0.4 is 5.32 Å². The van der Waals surface area contributed by atoms with Gasteiger partial charge < -0.3 is 19.6 Å². The number of hydrogen-bond acceptors (Lipinski definition) is 4. The minimum absolute atomic E-state index is 0.254. The van der Waals surface area contributed by atoms with E-state index in [9.17, 15) is 14.7 Å². The Morgan fingerprint density at radius 2 is 2.06 bits per heavy atom. The number of halogens is 1. The second-order valence-corrected chi connectivity index (χ2v) is 4.78. The number of aliphatic carboxylic acids is 1. The fourth-order valence-electron chi connectivity index (χ4n) is 1.85. The van der Waals surface area contributed by atoms with Crippen molar-refractivity contribution >= 4 is 27.8 Å². The molecule has 0 bridgehead atoms. The average molecular weight is 318 g/mol. The molecule has 98 valence electrons. The number of amides is 1. The van der Waals surface area contributed by atoms with Gasteiger partial charge in [-0.3, -0.25) is 4.79 Å². The molecule has 1 fully saturated rings. The molecule has 7 heteroatoms. The van der Waals surface area contributed by atoms with Crippen LogP contribution in [0.4, 0.5) is 0 Å². The summed E-state index contributed by atoms with van der Waals surface area (Å²) in [4.78, 5) is 23.4. The summed E-state index contributed by atoms with van der Waals surface area (Å²) in [5, 5.41) is 11.9.